The molecule has 0 aliphatic carbocycles. The molecular weight excluding hydrogens is 617 g/mol. The Morgan fingerprint density at radius 2 is 2.00 bits per heavy atom. The second-order valence-corrected chi connectivity index (χ2v) is 8.82. The van der Waals surface area contributed by atoms with Crippen molar-refractivity contribution >= 4 is 74.0 Å². The summed E-state index contributed by atoms with van der Waals surface area (Å²) in [6.07, 6.45) is 1.57. The molecule has 0 unspecified atom stereocenters. The van der Waals surface area contributed by atoms with Gasteiger partial charge in [-0.2, -0.15) is 0 Å². The molecule has 7 nitrogen and oxygen atoms in total. The number of nitrogens with zero attached hydrogens (tertiary/aromatic N) is 1. The molecule has 32 heavy (non-hydrogen) atoms. The molecule has 0 amide bonds. The SMILES string of the molecule is CCOC(=O)COc1c(Br)cc(/C=C2\N=C(c3cc(I)ccc3Cl)OC2=O)cc1OCC. The number of aliphatic imine (C=N–C) groups is 1. The van der Waals surface area contributed by atoms with Crippen LogP contribution < -0.4 is 9.47 Å². The predicted octanol–water partition coefficient (Wildman–Crippen LogP) is 5.39. The van der Waals surface area contributed by atoms with E-state index in [0.717, 1.165) is 3.57 Å². The number of hydrogen-bond donors (Lipinski definition) is 0. The molecule has 10 heteroatoms. The largest absolute Gasteiger partial charge is 0.490 e. The highest BCUT2D eigenvalue weighted by molar-refractivity contribution is 14.1. The topological polar surface area (TPSA) is 83.4 Å². The normalized spacial score (nSPS) is 14.2. The zero-order chi connectivity index (χ0) is 23.3. The van der Waals surface area contributed by atoms with E-state index in [1.165, 1.54) is 0 Å². The lowest BCUT2D eigenvalue weighted by Gasteiger charge is -2.14. The highest BCUT2D eigenvalue weighted by atomic mass is 127. The summed E-state index contributed by atoms with van der Waals surface area (Å²) in [5, 5.41) is 0.433. The fraction of sp³-hybridized carbons (Fsp3) is 0.227. The van der Waals surface area contributed by atoms with Crippen LogP contribution in [0.4, 0.5) is 0 Å². The molecule has 0 radical (unpaired) electrons. The Bertz CT molecular complexity index is 1120. The number of rotatable bonds is 8. The maximum Gasteiger partial charge on any atom is 0.363 e. The van der Waals surface area contributed by atoms with Crippen LogP contribution >= 0.6 is 50.1 Å². The second-order valence-electron chi connectivity index (χ2n) is 6.32. The number of carbonyl (C=O) groups is 2. The van der Waals surface area contributed by atoms with Crippen molar-refractivity contribution in [2.45, 2.75) is 13.8 Å². The Hall–Kier alpha value is -2.11. The van der Waals surface area contributed by atoms with Crippen molar-refractivity contribution in [3.05, 3.63) is 60.2 Å². The van der Waals surface area contributed by atoms with Gasteiger partial charge in [-0.25, -0.2) is 14.6 Å². The number of hydrogen-bond acceptors (Lipinski definition) is 7. The van der Waals surface area contributed by atoms with E-state index < -0.39 is 11.9 Å². The first-order valence-corrected chi connectivity index (χ1v) is 11.8. The van der Waals surface area contributed by atoms with E-state index >= 15 is 0 Å². The van der Waals surface area contributed by atoms with Crippen molar-refractivity contribution in [1.82, 2.24) is 0 Å². The maximum absolute atomic E-state index is 12.4. The van der Waals surface area contributed by atoms with Crippen molar-refractivity contribution in [1.29, 1.82) is 0 Å². The molecule has 1 heterocycles. The molecule has 2 aromatic rings. The molecule has 0 atom stereocenters. The van der Waals surface area contributed by atoms with E-state index in [1.54, 1.807) is 37.3 Å². The number of benzene rings is 2. The molecule has 0 spiro atoms. The molecule has 0 bridgehead atoms. The highest BCUT2D eigenvalue weighted by Crippen LogP contribution is 2.38. The second kappa shape index (κ2) is 11.2. The third-order valence-electron chi connectivity index (χ3n) is 4.05. The fourth-order valence-corrected chi connectivity index (χ4v) is 4.02. The smallest absolute Gasteiger partial charge is 0.363 e. The molecule has 1 aliphatic heterocycles. The number of carbonyl (C=O) groups excluding carboxylic acids is 2. The van der Waals surface area contributed by atoms with Gasteiger partial charge in [0.2, 0.25) is 5.90 Å². The van der Waals surface area contributed by atoms with Crippen molar-refractivity contribution in [2.75, 3.05) is 19.8 Å². The molecule has 2 aromatic carbocycles. The predicted molar refractivity (Wildman–Crippen MR) is 132 cm³/mol. The van der Waals surface area contributed by atoms with Gasteiger partial charge in [0, 0.05) is 3.57 Å². The summed E-state index contributed by atoms with van der Waals surface area (Å²) in [7, 11) is 0. The molecule has 1 aliphatic rings. The summed E-state index contributed by atoms with van der Waals surface area (Å²) in [5.41, 5.74) is 1.27. The summed E-state index contributed by atoms with van der Waals surface area (Å²) in [4.78, 5) is 28.3. The Balaban J connectivity index is 1.92. The van der Waals surface area contributed by atoms with Gasteiger partial charge in [-0.05, 0) is 94.3 Å². The third kappa shape index (κ3) is 6.02. The van der Waals surface area contributed by atoms with Crippen LogP contribution in [0.1, 0.15) is 25.0 Å². The summed E-state index contributed by atoms with van der Waals surface area (Å²) >= 11 is 11.8. The number of ether oxygens (including phenoxy) is 4. The Labute approximate surface area is 212 Å². The van der Waals surface area contributed by atoms with Crippen molar-refractivity contribution < 1.29 is 28.5 Å². The van der Waals surface area contributed by atoms with Gasteiger partial charge in [-0.3, -0.25) is 0 Å². The van der Waals surface area contributed by atoms with Gasteiger partial charge < -0.3 is 18.9 Å². The Kier molecular flexibility index (Phi) is 8.55. The van der Waals surface area contributed by atoms with E-state index in [-0.39, 0.29) is 24.8 Å². The van der Waals surface area contributed by atoms with Gasteiger partial charge in [0.05, 0.1) is 28.3 Å². The minimum atomic E-state index is -0.591. The molecule has 0 aromatic heterocycles. The summed E-state index contributed by atoms with van der Waals surface area (Å²) in [5.74, 6) is -0.187. The van der Waals surface area contributed by atoms with Crippen LogP contribution in [0.5, 0.6) is 11.5 Å². The van der Waals surface area contributed by atoms with Gasteiger partial charge in [0.1, 0.15) is 0 Å². The molecule has 0 saturated heterocycles. The van der Waals surface area contributed by atoms with Crippen LogP contribution in [0, 0.1) is 3.57 Å². The average Bonchev–Trinajstić information content (AvgIpc) is 3.09. The lowest BCUT2D eigenvalue weighted by atomic mass is 10.1. The van der Waals surface area contributed by atoms with Gasteiger partial charge in [-0.1, -0.05) is 11.6 Å². The molecule has 0 saturated carbocycles. The van der Waals surface area contributed by atoms with E-state index in [4.69, 9.17) is 30.5 Å². The minimum absolute atomic E-state index is 0.115. The standard InChI is InChI=1S/C22H18BrClINO6/c1-3-29-18-9-12(7-15(23)20(18)31-11-19(27)30-4-2)8-17-22(28)32-21(26-17)14-10-13(25)5-6-16(14)24/h5-10H,3-4,11H2,1-2H3/b17-8-. The number of halogens is 3. The van der Waals surface area contributed by atoms with Crippen molar-refractivity contribution in [3.8, 4) is 11.5 Å². The van der Waals surface area contributed by atoms with E-state index in [9.17, 15) is 9.59 Å². The molecule has 3 rings (SSSR count). The van der Waals surface area contributed by atoms with E-state index in [0.29, 0.717) is 38.7 Å². The van der Waals surface area contributed by atoms with Crippen molar-refractivity contribution in [3.63, 3.8) is 0 Å². The van der Waals surface area contributed by atoms with Crippen LogP contribution in [-0.2, 0) is 19.1 Å². The number of cyclic esters (lactones) is 1. The summed E-state index contributed by atoms with van der Waals surface area (Å²) in [6, 6.07) is 8.75. The quantitative estimate of drug-likeness (QED) is 0.220. The monoisotopic (exact) mass is 633 g/mol. The fourth-order valence-electron chi connectivity index (χ4n) is 2.75. The summed E-state index contributed by atoms with van der Waals surface area (Å²) in [6.45, 7) is 3.92. The maximum atomic E-state index is 12.4. The molecule has 0 fully saturated rings. The first kappa shape index (κ1) is 24.5. The van der Waals surface area contributed by atoms with Crippen LogP contribution in [-0.4, -0.2) is 37.7 Å². The van der Waals surface area contributed by atoms with E-state index in [1.807, 2.05) is 13.0 Å². The lowest BCUT2D eigenvalue weighted by Crippen LogP contribution is -2.15. The molecule has 168 valence electrons. The molecular formula is C22H18BrClINO6. The highest BCUT2D eigenvalue weighted by Gasteiger charge is 2.26. The third-order valence-corrected chi connectivity index (χ3v) is 5.64. The lowest BCUT2D eigenvalue weighted by molar-refractivity contribution is -0.145. The van der Waals surface area contributed by atoms with Gasteiger partial charge >= 0.3 is 11.9 Å². The average molecular weight is 635 g/mol. The van der Waals surface area contributed by atoms with Crippen LogP contribution in [0.2, 0.25) is 5.02 Å². The molecule has 0 N–H and O–H groups in total. The zero-order valence-electron chi connectivity index (χ0n) is 17.1. The first-order chi connectivity index (χ1) is 15.3. The minimum Gasteiger partial charge on any atom is -0.490 e. The van der Waals surface area contributed by atoms with Crippen molar-refractivity contribution in [2.24, 2.45) is 4.99 Å². The summed E-state index contributed by atoms with van der Waals surface area (Å²) < 4.78 is 22.9. The Morgan fingerprint density at radius 3 is 2.72 bits per heavy atom. The van der Waals surface area contributed by atoms with Crippen LogP contribution in [0.25, 0.3) is 6.08 Å². The Morgan fingerprint density at radius 1 is 1.22 bits per heavy atom. The number of esters is 2. The van der Waals surface area contributed by atoms with E-state index in [2.05, 4.69) is 43.5 Å². The van der Waals surface area contributed by atoms with Crippen LogP contribution in [0.15, 0.2) is 45.5 Å². The zero-order valence-corrected chi connectivity index (χ0v) is 21.6. The van der Waals surface area contributed by atoms with Crippen LogP contribution in [0.3, 0.4) is 0 Å². The van der Waals surface area contributed by atoms with Gasteiger partial charge in [0.25, 0.3) is 0 Å². The first-order valence-electron chi connectivity index (χ1n) is 9.55. The van der Waals surface area contributed by atoms with Gasteiger partial charge in [-0.15, -0.1) is 0 Å². The van der Waals surface area contributed by atoms with Gasteiger partial charge in [0.15, 0.2) is 23.8 Å².